The van der Waals surface area contributed by atoms with Crippen LogP contribution in [0.4, 0.5) is 17.5 Å². The Hall–Kier alpha value is -2.11. The molecule has 2 rings (SSSR count). The van der Waals surface area contributed by atoms with E-state index in [0.717, 1.165) is 24.6 Å². The molecule has 0 aromatic carbocycles. The number of nitrogens with two attached hydrogens (primary N) is 1. The van der Waals surface area contributed by atoms with E-state index in [1.807, 2.05) is 30.8 Å². The third-order valence-electron chi connectivity index (χ3n) is 2.33. The maximum Gasteiger partial charge on any atom is 0.153 e. The van der Waals surface area contributed by atoms with Crippen molar-refractivity contribution in [3.8, 4) is 0 Å². The molecule has 6 heteroatoms. The highest BCUT2D eigenvalue weighted by molar-refractivity contribution is 5.54. The summed E-state index contributed by atoms with van der Waals surface area (Å²) in [4.78, 5) is 8.45. The van der Waals surface area contributed by atoms with Crippen LogP contribution in [-0.2, 0) is 13.0 Å². The lowest BCUT2D eigenvalue weighted by molar-refractivity contribution is 0.662. The van der Waals surface area contributed by atoms with Crippen LogP contribution in [0.3, 0.4) is 0 Å². The zero-order valence-electron chi connectivity index (χ0n) is 10.0. The highest BCUT2D eigenvalue weighted by Gasteiger charge is 2.03. The quantitative estimate of drug-likeness (QED) is 0.836. The molecule has 0 saturated carbocycles. The van der Waals surface area contributed by atoms with Gasteiger partial charge in [-0.15, -0.1) is 0 Å². The summed E-state index contributed by atoms with van der Waals surface area (Å²) in [5, 5.41) is 7.42. The Morgan fingerprint density at radius 1 is 1.29 bits per heavy atom. The van der Waals surface area contributed by atoms with Gasteiger partial charge in [0.2, 0.25) is 0 Å². The van der Waals surface area contributed by atoms with E-state index >= 15 is 0 Å². The minimum atomic E-state index is 0.467. The van der Waals surface area contributed by atoms with E-state index in [4.69, 9.17) is 5.73 Å². The fourth-order valence-electron chi connectivity index (χ4n) is 1.48. The Morgan fingerprint density at radius 2 is 2.12 bits per heavy atom. The molecule has 0 unspecified atom stereocenters. The topological polar surface area (TPSA) is 81.6 Å². The summed E-state index contributed by atoms with van der Waals surface area (Å²) >= 11 is 0. The summed E-state index contributed by atoms with van der Waals surface area (Å²) in [6.07, 6.45) is 2.66. The SMILES string of the molecule is CCc1nc(N)cc(Nc2ccn(CC)n2)n1. The van der Waals surface area contributed by atoms with Crippen molar-refractivity contribution >= 4 is 17.5 Å². The van der Waals surface area contributed by atoms with Crippen LogP contribution < -0.4 is 11.1 Å². The maximum atomic E-state index is 5.70. The van der Waals surface area contributed by atoms with Crippen LogP contribution in [0.5, 0.6) is 0 Å². The van der Waals surface area contributed by atoms with Gasteiger partial charge in [0.15, 0.2) is 5.82 Å². The molecule has 0 saturated heterocycles. The van der Waals surface area contributed by atoms with Crippen molar-refractivity contribution in [3.63, 3.8) is 0 Å². The molecule has 2 aromatic rings. The van der Waals surface area contributed by atoms with Gasteiger partial charge in [-0.3, -0.25) is 4.68 Å². The number of hydrogen-bond acceptors (Lipinski definition) is 5. The second-order valence-corrected chi connectivity index (χ2v) is 3.63. The van der Waals surface area contributed by atoms with Crippen molar-refractivity contribution in [2.75, 3.05) is 11.1 Å². The van der Waals surface area contributed by atoms with Gasteiger partial charge in [0, 0.05) is 31.3 Å². The summed E-state index contributed by atoms with van der Waals surface area (Å²) in [5.41, 5.74) is 5.70. The van der Waals surface area contributed by atoms with Gasteiger partial charge in [0.1, 0.15) is 17.5 Å². The van der Waals surface area contributed by atoms with Crippen LogP contribution in [0.2, 0.25) is 0 Å². The zero-order chi connectivity index (χ0) is 12.3. The summed E-state index contributed by atoms with van der Waals surface area (Å²) in [5.74, 6) is 2.62. The smallest absolute Gasteiger partial charge is 0.153 e. The number of nitrogens with one attached hydrogen (secondary N) is 1. The Morgan fingerprint density at radius 3 is 2.76 bits per heavy atom. The summed E-state index contributed by atoms with van der Waals surface area (Å²) in [7, 11) is 0. The summed E-state index contributed by atoms with van der Waals surface area (Å²) in [6, 6.07) is 3.59. The molecule has 0 aliphatic rings. The number of nitrogens with zero attached hydrogens (tertiary/aromatic N) is 4. The Kier molecular flexibility index (Phi) is 3.22. The monoisotopic (exact) mass is 232 g/mol. The highest BCUT2D eigenvalue weighted by atomic mass is 15.3. The van der Waals surface area contributed by atoms with Gasteiger partial charge in [0.25, 0.3) is 0 Å². The van der Waals surface area contributed by atoms with Crippen LogP contribution in [0, 0.1) is 0 Å². The molecule has 17 heavy (non-hydrogen) atoms. The molecule has 90 valence electrons. The predicted molar refractivity (Wildman–Crippen MR) is 67.0 cm³/mol. The first-order valence-corrected chi connectivity index (χ1v) is 5.65. The molecule has 0 aliphatic heterocycles. The van der Waals surface area contributed by atoms with E-state index in [0.29, 0.717) is 11.6 Å². The Labute approximate surface area is 99.9 Å². The van der Waals surface area contributed by atoms with E-state index in [1.54, 1.807) is 6.07 Å². The average molecular weight is 232 g/mol. The first kappa shape index (κ1) is 11.4. The van der Waals surface area contributed by atoms with Gasteiger partial charge in [-0.25, -0.2) is 9.97 Å². The van der Waals surface area contributed by atoms with E-state index in [2.05, 4.69) is 20.4 Å². The molecule has 0 atom stereocenters. The lowest BCUT2D eigenvalue weighted by Gasteiger charge is -2.05. The fourth-order valence-corrected chi connectivity index (χ4v) is 1.48. The van der Waals surface area contributed by atoms with Crippen LogP contribution in [-0.4, -0.2) is 19.7 Å². The van der Waals surface area contributed by atoms with E-state index in [9.17, 15) is 0 Å². The molecule has 0 aliphatic carbocycles. The number of hydrogen-bond donors (Lipinski definition) is 2. The Balaban J connectivity index is 2.20. The minimum Gasteiger partial charge on any atom is -0.384 e. The number of anilines is 3. The molecule has 3 N–H and O–H groups in total. The van der Waals surface area contributed by atoms with Crippen molar-refractivity contribution < 1.29 is 0 Å². The zero-order valence-corrected chi connectivity index (χ0v) is 10.0. The second-order valence-electron chi connectivity index (χ2n) is 3.63. The number of nitrogen functional groups attached to an aromatic ring is 1. The van der Waals surface area contributed by atoms with E-state index < -0.39 is 0 Å². The van der Waals surface area contributed by atoms with Gasteiger partial charge in [-0.05, 0) is 6.92 Å². The normalized spacial score (nSPS) is 10.5. The molecule has 2 heterocycles. The van der Waals surface area contributed by atoms with E-state index in [1.165, 1.54) is 0 Å². The molecule has 0 bridgehead atoms. The Bertz CT molecular complexity index is 504. The van der Waals surface area contributed by atoms with Gasteiger partial charge < -0.3 is 11.1 Å². The second kappa shape index (κ2) is 4.82. The van der Waals surface area contributed by atoms with Crippen molar-refractivity contribution in [1.29, 1.82) is 0 Å². The first-order valence-electron chi connectivity index (χ1n) is 5.65. The van der Waals surface area contributed by atoms with Crippen molar-refractivity contribution in [3.05, 3.63) is 24.2 Å². The average Bonchev–Trinajstić information content (AvgIpc) is 2.76. The standard InChI is InChI=1S/C11H16N6/c1-3-9-13-8(12)7-11(14-9)15-10-5-6-17(4-2)16-10/h5-7H,3-4H2,1-2H3,(H3,12,13,14,15,16). The third kappa shape index (κ3) is 2.72. The molecule has 2 aromatic heterocycles. The highest BCUT2D eigenvalue weighted by Crippen LogP contribution is 2.14. The van der Waals surface area contributed by atoms with Crippen LogP contribution in [0.25, 0.3) is 0 Å². The van der Waals surface area contributed by atoms with Crippen LogP contribution in [0.1, 0.15) is 19.7 Å². The van der Waals surface area contributed by atoms with Gasteiger partial charge in [-0.2, -0.15) is 5.10 Å². The van der Waals surface area contributed by atoms with Crippen LogP contribution >= 0.6 is 0 Å². The van der Waals surface area contributed by atoms with Gasteiger partial charge in [-0.1, -0.05) is 6.92 Å². The van der Waals surface area contributed by atoms with Crippen molar-refractivity contribution in [2.24, 2.45) is 0 Å². The van der Waals surface area contributed by atoms with Crippen LogP contribution in [0.15, 0.2) is 18.3 Å². The molecular weight excluding hydrogens is 216 g/mol. The largest absolute Gasteiger partial charge is 0.384 e. The number of aromatic nitrogens is 4. The molecule has 0 fully saturated rings. The van der Waals surface area contributed by atoms with Gasteiger partial charge >= 0.3 is 0 Å². The number of aryl methyl sites for hydroxylation is 2. The predicted octanol–water partition coefficient (Wildman–Crippen LogP) is 1.58. The van der Waals surface area contributed by atoms with E-state index in [-0.39, 0.29) is 0 Å². The summed E-state index contributed by atoms with van der Waals surface area (Å²) in [6.45, 7) is 4.87. The molecule has 6 nitrogen and oxygen atoms in total. The lowest BCUT2D eigenvalue weighted by atomic mass is 10.4. The first-order chi connectivity index (χ1) is 8.21. The number of rotatable bonds is 4. The lowest BCUT2D eigenvalue weighted by Crippen LogP contribution is -2.03. The van der Waals surface area contributed by atoms with Gasteiger partial charge in [0.05, 0.1) is 0 Å². The molecular formula is C11H16N6. The fraction of sp³-hybridized carbons (Fsp3) is 0.364. The summed E-state index contributed by atoms with van der Waals surface area (Å²) < 4.78 is 1.84. The minimum absolute atomic E-state index is 0.467. The van der Waals surface area contributed by atoms with Crippen molar-refractivity contribution in [1.82, 2.24) is 19.7 Å². The molecule has 0 spiro atoms. The molecule has 0 radical (unpaired) electrons. The maximum absolute atomic E-state index is 5.70. The third-order valence-corrected chi connectivity index (χ3v) is 2.33. The molecule has 0 amide bonds. The van der Waals surface area contributed by atoms with Crippen molar-refractivity contribution in [2.45, 2.75) is 26.8 Å².